The van der Waals surface area contributed by atoms with Gasteiger partial charge in [0, 0.05) is 9.86 Å². The van der Waals surface area contributed by atoms with Crippen LogP contribution in [0.15, 0.2) is 51.4 Å². The first kappa shape index (κ1) is 13.1. The van der Waals surface area contributed by atoms with E-state index in [-0.39, 0.29) is 11.3 Å². The van der Waals surface area contributed by atoms with E-state index in [1.165, 1.54) is 12.1 Å². The van der Waals surface area contributed by atoms with Crippen LogP contribution in [0.25, 0.3) is 11.0 Å². The summed E-state index contributed by atoms with van der Waals surface area (Å²) in [4.78, 5) is 12.4. The standard InChI is InChI=1S/C16H10BrFO2/c1-9-5-6-13-10(7-9)8-14(20-13)16(19)15-11(17)3-2-4-12(15)18/h2-8H,1H3. The second-order valence-electron chi connectivity index (χ2n) is 4.58. The van der Waals surface area contributed by atoms with Gasteiger partial charge in [-0.1, -0.05) is 17.7 Å². The van der Waals surface area contributed by atoms with E-state index in [4.69, 9.17) is 4.42 Å². The monoisotopic (exact) mass is 332 g/mol. The van der Waals surface area contributed by atoms with Crippen LogP contribution < -0.4 is 0 Å². The van der Waals surface area contributed by atoms with Gasteiger partial charge in [0.15, 0.2) is 5.76 Å². The summed E-state index contributed by atoms with van der Waals surface area (Å²) in [6, 6.07) is 11.7. The Morgan fingerprint density at radius 2 is 2.00 bits per heavy atom. The molecular weight excluding hydrogens is 323 g/mol. The molecule has 0 radical (unpaired) electrons. The first-order valence-corrected chi connectivity index (χ1v) is 6.84. The van der Waals surface area contributed by atoms with Crippen LogP contribution in [-0.2, 0) is 0 Å². The van der Waals surface area contributed by atoms with E-state index in [0.717, 1.165) is 10.9 Å². The highest BCUT2D eigenvalue weighted by Crippen LogP contribution is 2.26. The van der Waals surface area contributed by atoms with E-state index in [0.29, 0.717) is 10.1 Å². The van der Waals surface area contributed by atoms with Gasteiger partial charge >= 0.3 is 0 Å². The van der Waals surface area contributed by atoms with Gasteiger partial charge in [-0.2, -0.15) is 0 Å². The second-order valence-corrected chi connectivity index (χ2v) is 5.43. The average Bonchev–Trinajstić information content (AvgIpc) is 2.81. The van der Waals surface area contributed by atoms with Gasteiger partial charge in [0.05, 0.1) is 5.56 Å². The van der Waals surface area contributed by atoms with E-state index in [2.05, 4.69) is 15.9 Å². The van der Waals surface area contributed by atoms with E-state index in [1.54, 1.807) is 18.2 Å². The van der Waals surface area contributed by atoms with Crippen LogP contribution >= 0.6 is 15.9 Å². The van der Waals surface area contributed by atoms with Crippen LogP contribution in [0.4, 0.5) is 4.39 Å². The number of hydrogen-bond acceptors (Lipinski definition) is 2. The van der Waals surface area contributed by atoms with Crippen LogP contribution in [-0.4, -0.2) is 5.78 Å². The van der Waals surface area contributed by atoms with Crippen molar-refractivity contribution in [3.63, 3.8) is 0 Å². The summed E-state index contributed by atoms with van der Waals surface area (Å²) in [5.41, 5.74) is 1.68. The number of fused-ring (bicyclic) bond motifs is 1. The summed E-state index contributed by atoms with van der Waals surface area (Å²) in [6.07, 6.45) is 0. The third-order valence-electron chi connectivity index (χ3n) is 3.09. The second kappa shape index (κ2) is 4.87. The maximum Gasteiger partial charge on any atom is 0.232 e. The Balaban J connectivity index is 2.13. The summed E-state index contributed by atoms with van der Waals surface area (Å²) in [7, 11) is 0. The molecule has 100 valence electrons. The topological polar surface area (TPSA) is 30.2 Å². The molecule has 4 heteroatoms. The van der Waals surface area contributed by atoms with Crippen molar-refractivity contribution in [2.75, 3.05) is 0 Å². The van der Waals surface area contributed by atoms with E-state index < -0.39 is 11.6 Å². The molecule has 20 heavy (non-hydrogen) atoms. The van der Waals surface area contributed by atoms with Crippen molar-refractivity contribution < 1.29 is 13.6 Å². The quantitative estimate of drug-likeness (QED) is 0.626. The number of carbonyl (C=O) groups is 1. The highest BCUT2D eigenvalue weighted by molar-refractivity contribution is 9.10. The molecular formula is C16H10BrFO2. The summed E-state index contributed by atoms with van der Waals surface area (Å²) in [5.74, 6) is -0.902. The first-order chi connectivity index (χ1) is 9.56. The van der Waals surface area contributed by atoms with Crippen molar-refractivity contribution in [2.45, 2.75) is 6.92 Å². The Morgan fingerprint density at radius 1 is 1.20 bits per heavy atom. The van der Waals surface area contributed by atoms with Crippen molar-refractivity contribution in [1.82, 2.24) is 0 Å². The third kappa shape index (κ3) is 2.16. The number of rotatable bonds is 2. The highest BCUT2D eigenvalue weighted by atomic mass is 79.9. The summed E-state index contributed by atoms with van der Waals surface area (Å²) < 4.78 is 19.7. The minimum Gasteiger partial charge on any atom is -0.453 e. The van der Waals surface area contributed by atoms with Gasteiger partial charge in [-0.3, -0.25) is 4.79 Å². The summed E-state index contributed by atoms with van der Waals surface area (Å²) >= 11 is 3.20. The number of hydrogen-bond donors (Lipinski definition) is 0. The van der Waals surface area contributed by atoms with Crippen molar-refractivity contribution in [2.24, 2.45) is 0 Å². The molecule has 0 saturated carbocycles. The van der Waals surface area contributed by atoms with Gasteiger partial charge in [-0.25, -0.2) is 4.39 Å². The minimum atomic E-state index is -0.569. The Hall–Kier alpha value is -1.94. The van der Waals surface area contributed by atoms with E-state index in [9.17, 15) is 9.18 Å². The molecule has 0 aliphatic heterocycles. The SMILES string of the molecule is Cc1ccc2oc(C(=O)c3c(F)cccc3Br)cc2c1. The zero-order valence-corrected chi connectivity index (χ0v) is 12.2. The first-order valence-electron chi connectivity index (χ1n) is 6.05. The van der Waals surface area contributed by atoms with Crippen molar-refractivity contribution in [1.29, 1.82) is 0 Å². The molecule has 0 spiro atoms. The number of aryl methyl sites for hydroxylation is 1. The van der Waals surface area contributed by atoms with Gasteiger partial charge in [0.25, 0.3) is 0 Å². The normalized spacial score (nSPS) is 10.9. The fraction of sp³-hybridized carbons (Fsp3) is 0.0625. The predicted octanol–water partition coefficient (Wildman–Crippen LogP) is 4.87. The molecule has 0 unspecified atom stereocenters. The molecule has 0 N–H and O–H groups in total. The molecule has 2 aromatic carbocycles. The lowest BCUT2D eigenvalue weighted by Gasteiger charge is -2.02. The third-order valence-corrected chi connectivity index (χ3v) is 3.75. The van der Waals surface area contributed by atoms with Crippen molar-refractivity contribution in [3.05, 3.63) is 69.6 Å². The average molecular weight is 333 g/mol. The molecule has 0 aliphatic carbocycles. The molecule has 0 bridgehead atoms. The molecule has 0 amide bonds. The highest BCUT2D eigenvalue weighted by Gasteiger charge is 2.20. The van der Waals surface area contributed by atoms with Crippen LogP contribution in [0.3, 0.4) is 0 Å². The Morgan fingerprint density at radius 3 is 2.75 bits per heavy atom. The molecule has 2 nitrogen and oxygen atoms in total. The lowest BCUT2D eigenvalue weighted by Crippen LogP contribution is -2.04. The molecule has 3 aromatic rings. The number of ketones is 1. The number of halogens is 2. The zero-order chi connectivity index (χ0) is 14.3. The predicted molar refractivity (Wildman–Crippen MR) is 78.5 cm³/mol. The zero-order valence-electron chi connectivity index (χ0n) is 10.6. The molecule has 1 aromatic heterocycles. The van der Waals surface area contributed by atoms with Crippen LogP contribution in [0.1, 0.15) is 21.7 Å². The minimum absolute atomic E-state index is 0.0109. The Bertz CT molecular complexity index is 800. The molecule has 0 saturated heterocycles. The van der Waals surface area contributed by atoms with Crippen LogP contribution in [0.5, 0.6) is 0 Å². The van der Waals surface area contributed by atoms with Crippen molar-refractivity contribution in [3.8, 4) is 0 Å². The fourth-order valence-corrected chi connectivity index (χ4v) is 2.63. The summed E-state index contributed by atoms with van der Waals surface area (Å²) in [6.45, 7) is 1.96. The molecule has 1 heterocycles. The maximum atomic E-state index is 13.8. The number of furan rings is 1. The Labute approximate surface area is 123 Å². The lowest BCUT2D eigenvalue weighted by molar-refractivity contribution is 0.101. The van der Waals surface area contributed by atoms with E-state index in [1.807, 2.05) is 19.1 Å². The fourth-order valence-electron chi connectivity index (χ4n) is 2.11. The number of carbonyl (C=O) groups excluding carboxylic acids is 1. The molecule has 0 aliphatic rings. The smallest absolute Gasteiger partial charge is 0.232 e. The van der Waals surface area contributed by atoms with Gasteiger partial charge in [-0.15, -0.1) is 0 Å². The Kier molecular flexibility index (Phi) is 3.18. The largest absolute Gasteiger partial charge is 0.453 e. The van der Waals surface area contributed by atoms with Gasteiger partial charge < -0.3 is 4.42 Å². The van der Waals surface area contributed by atoms with Crippen LogP contribution in [0, 0.1) is 12.7 Å². The molecule has 0 atom stereocenters. The molecule has 0 fully saturated rings. The number of benzene rings is 2. The van der Waals surface area contributed by atoms with Crippen molar-refractivity contribution >= 4 is 32.7 Å². The van der Waals surface area contributed by atoms with Gasteiger partial charge in [-0.05, 0) is 53.2 Å². The van der Waals surface area contributed by atoms with E-state index >= 15 is 0 Å². The molecule has 3 rings (SSSR count). The van der Waals surface area contributed by atoms with Crippen LogP contribution in [0.2, 0.25) is 0 Å². The van der Waals surface area contributed by atoms with Gasteiger partial charge in [0.1, 0.15) is 11.4 Å². The lowest BCUT2D eigenvalue weighted by atomic mass is 10.1. The summed E-state index contributed by atoms with van der Waals surface area (Å²) in [5, 5.41) is 0.834. The van der Waals surface area contributed by atoms with Gasteiger partial charge in [0.2, 0.25) is 5.78 Å². The maximum absolute atomic E-state index is 13.8.